The van der Waals surface area contributed by atoms with Gasteiger partial charge >= 0.3 is 107 Å². The van der Waals surface area contributed by atoms with Crippen molar-refractivity contribution in [3.63, 3.8) is 0 Å². The molecule has 2 rings (SSSR count). The lowest BCUT2D eigenvalue weighted by Gasteiger charge is -2.26. The van der Waals surface area contributed by atoms with E-state index >= 15 is 0 Å². The number of hydrogen-bond acceptors (Lipinski definition) is 37. The third-order valence-electron chi connectivity index (χ3n) is 16.0. The van der Waals surface area contributed by atoms with Crippen LogP contribution in [0.25, 0.3) is 0 Å². The SMILES string of the molecule is CCNC(=O)CCC/C=C\C[C@@H]1[C@@H](/C=C/[C@H](CCc2ccccc2)OC(=O)[C@H](C)OC(=O)[C@H](C)OC(=O)[C@H](C)OC(=O)[C@H](C)OC(=O)[C@H](C)OC(C)=O)[C@H](OC(=O)[C@H](C)OC(=O)[C@H](C)OC(=O)[C@H](C)OC(=O)[C@H](C)OC(=O)[C@H](C)OC(C)=O)C[C@@H]1OC(=O)[C@H](C)OC(=O)[C@H](C)OC(=O)[C@H](C)OC(=O)[C@H](C)OC(=O)[C@H](C)OC(C)=O. The molecule has 634 valence electrons. The number of hydrogen-bond donors (Lipinski definition) is 1. The van der Waals surface area contributed by atoms with Crippen molar-refractivity contribution < 1.29 is 176 Å². The summed E-state index contributed by atoms with van der Waals surface area (Å²) in [5.41, 5.74) is 0.755. The number of carbonyl (C=O) groups is 19. The van der Waals surface area contributed by atoms with Gasteiger partial charge in [-0.1, -0.05) is 48.6 Å². The highest BCUT2D eigenvalue weighted by molar-refractivity contribution is 5.90. The van der Waals surface area contributed by atoms with E-state index in [4.69, 9.17) is 85.3 Å². The predicted molar refractivity (Wildman–Crippen MR) is 382 cm³/mol. The second-order valence-corrected chi connectivity index (χ2v) is 26.1. The summed E-state index contributed by atoms with van der Waals surface area (Å²) < 4.78 is 93.8. The van der Waals surface area contributed by atoms with Gasteiger partial charge in [-0.05, 0) is 155 Å². The Morgan fingerprint density at radius 2 is 0.632 bits per heavy atom. The van der Waals surface area contributed by atoms with Gasteiger partial charge in [0.1, 0.15) is 18.3 Å². The third kappa shape index (κ3) is 36.0. The molecule has 1 N–H and O–H groups in total. The molecule has 1 aromatic carbocycles. The number of allylic oxidation sites excluding steroid dienone is 2. The first-order valence-corrected chi connectivity index (χ1v) is 36.5. The molecule has 114 heavy (non-hydrogen) atoms. The van der Waals surface area contributed by atoms with Crippen LogP contribution in [-0.4, -0.2) is 230 Å². The maximum absolute atomic E-state index is 14.3. The molecule has 38 nitrogen and oxygen atoms in total. The summed E-state index contributed by atoms with van der Waals surface area (Å²) in [7, 11) is 0. The van der Waals surface area contributed by atoms with Crippen LogP contribution in [0.5, 0.6) is 0 Å². The predicted octanol–water partition coefficient (Wildman–Crippen LogP) is 3.83. The standard InChI is InChI=1S/C76H103NO37/c1-20-77-61(81)31-27-22-21-26-30-57-58(35-34-56(33-32-55-28-24-23-25-29-55)112-74(94)49(14)109-71(91)46(11)106-68(88)43(8)103-65(85)40(5)100-62(82)37(2)97-52(17)78)60(114-76(96)51(16)111-73(93)48(13)108-70(90)45(10)105-67(87)42(7)102-64(84)39(4)99-54(19)80)36-59(57)113-75(95)50(15)110-72(92)47(12)107-69(89)44(9)104-66(86)41(6)101-63(83)38(3)98-53(18)79/h21,23-26,28-29,34-35,37-51,56-60H,20,22,27,30-33,36H2,1-19H3,(H,77,81)/b26-21-,35-34+/t37-,38-,39-,40-,41-,42-,43-,44-,45-,46-,47-,48-,49-,50-,51-,56-,57+,58+,59-,60+/m0/s1. The van der Waals surface area contributed by atoms with Gasteiger partial charge < -0.3 is 90.6 Å². The number of benzene rings is 1. The van der Waals surface area contributed by atoms with Crippen LogP contribution in [0.2, 0.25) is 0 Å². The Bertz CT molecular complexity index is 3600. The van der Waals surface area contributed by atoms with Gasteiger partial charge in [-0.15, -0.1) is 0 Å². The minimum atomic E-state index is -1.82. The van der Waals surface area contributed by atoms with Crippen LogP contribution in [0, 0.1) is 11.8 Å². The van der Waals surface area contributed by atoms with Crippen LogP contribution < -0.4 is 5.32 Å². The molecule has 20 atom stereocenters. The summed E-state index contributed by atoms with van der Waals surface area (Å²) in [5.74, 6) is -23.0. The van der Waals surface area contributed by atoms with E-state index in [9.17, 15) is 91.1 Å². The fraction of sp³-hybridized carbons (Fsp3) is 0.618. The molecule has 0 spiro atoms. The van der Waals surface area contributed by atoms with Crippen molar-refractivity contribution in [1.29, 1.82) is 0 Å². The van der Waals surface area contributed by atoms with Crippen molar-refractivity contribution in [2.24, 2.45) is 11.8 Å². The molecular formula is C76H103NO37. The lowest BCUT2D eigenvalue weighted by Crippen LogP contribution is -2.39. The van der Waals surface area contributed by atoms with Crippen LogP contribution in [0.4, 0.5) is 0 Å². The van der Waals surface area contributed by atoms with Gasteiger partial charge in [0.15, 0.2) is 91.6 Å². The highest BCUT2D eigenvalue weighted by atomic mass is 16.7. The average molecular weight is 1620 g/mol. The van der Waals surface area contributed by atoms with Crippen LogP contribution in [-0.2, 0) is 183 Å². The van der Waals surface area contributed by atoms with E-state index in [0.29, 0.717) is 19.4 Å². The fourth-order valence-corrected chi connectivity index (χ4v) is 9.80. The van der Waals surface area contributed by atoms with Gasteiger partial charge in [0.05, 0.1) is 0 Å². The largest absolute Gasteiger partial charge is 0.459 e. The Labute approximate surface area is 657 Å². The highest BCUT2D eigenvalue weighted by Crippen LogP contribution is 2.41. The fourth-order valence-electron chi connectivity index (χ4n) is 9.80. The summed E-state index contributed by atoms with van der Waals surface area (Å²) in [6.07, 6.45) is -21.7. The molecule has 0 saturated heterocycles. The highest BCUT2D eigenvalue weighted by Gasteiger charge is 2.48. The molecule has 1 fully saturated rings. The third-order valence-corrected chi connectivity index (χ3v) is 16.0. The number of carbonyl (C=O) groups excluding carboxylic acids is 19. The lowest BCUT2D eigenvalue weighted by atomic mass is 9.89. The average Bonchev–Trinajstić information content (AvgIpc) is 1.65. The summed E-state index contributed by atoms with van der Waals surface area (Å²) >= 11 is 0. The summed E-state index contributed by atoms with van der Waals surface area (Å²) in [4.78, 5) is 243. The van der Waals surface area contributed by atoms with Crippen molar-refractivity contribution in [1.82, 2.24) is 5.32 Å². The smallest absolute Gasteiger partial charge is 0.347 e. The first-order chi connectivity index (χ1) is 53.3. The van der Waals surface area contributed by atoms with E-state index in [1.807, 2.05) is 0 Å². The molecule has 38 heteroatoms. The molecule has 0 aliphatic heterocycles. The number of rotatable bonds is 45. The van der Waals surface area contributed by atoms with E-state index in [-0.39, 0.29) is 38.0 Å². The van der Waals surface area contributed by atoms with E-state index in [2.05, 4.69) is 5.32 Å². The molecule has 1 saturated carbocycles. The second-order valence-electron chi connectivity index (χ2n) is 26.1. The number of unbranched alkanes of at least 4 members (excludes halogenated alkanes) is 1. The summed E-state index contributed by atoms with van der Waals surface area (Å²) in [6, 6.07) is 8.81. The molecule has 0 heterocycles. The Hall–Kier alpha value is -11.4. The van der Waals surface area contributed by atoms with Crippen LogP contribution in [0.3, 0.4) is 0 Å². The van der Waals surface area contributed by atoms with E-state index < -0.39 is 229 Å². The zero-order valence-electron chi connectivity index (χ0n) is 67.0. The summed E-state index contributed by atoms with van der Waals surface area (Å²) in [6.45, 7) is 21.9. The molecule has 1 aliphatic rings. The molecule has 0 aromatic heterocycles. The quantitative estimate of drug-likeness (QED) is 0.0419. The van der Waals surface area contributed by atoms with Gasteiger partial charge in [0.2, 0.25) is 5.91 Å². The van der Waals surface area contributed by atoms with Crippen LogP contribution >= 0.6 is 0 Å². The molecular weight excluding hydrogens is 1520 g/mol. The Balaban J connectivity index is 2.64. The second kappa shape index (κ2) is 49.2. The van der Waals surface area contributed by atoms with Gasteiger partial charge in [0.25, 0.3) is 0 Å². The van der Waals surface area contributed by atoms with Crippen molar-refractivity contribution in [2.45, 2.75) is 286 Å². The molecule has 0 bridgehead atoms. The molecule has 1 aromatic rings. The van der Waals surface area contributed by atoms with Gasteiger partial charge in [0, 0.05) is 52.0 Å². The normalized spacial score (nSPS) is 18.6. The van der Waals surface area contributed by atoms with Crippen molar-refractivity contribution >= 4 is 113 Å². The topological polar surface area (TPSA) is 503 Å². The molecule has 1 amide bonds. The van der Waals surface area contributed by atoms with Crippen molar-refractivity contribution in [2.75, 3.05) is 6.54 Å². The maximum atomic E-state index is 14.3. The molecule has 1 aliphatic carbocycles. The minimum Gasteiger partial charge on any atom is -0.459 e. The maximum Gasteiger partial charge on any atom is 0.347 e. The Kier molecular flexibility index (Phi) is 42.6. The van der Waals surface area contributed by atoms with Gasteiger partial charge in [-0.2, -0.15) is 0 Å². The van der Waals surface area contributed by atoms with Crippen molar-refractivity contribution in [3.05, 3.63) is 60.2 Å². The van der Waals surface area contributed by atoms with Crippen molar-refractivity contribution in [3.8, 4) is 0 Å². The van der Waals surface area contributed by atoms with E-state index in [1.54, 1.807) is 49.4 Å². The number of aryl methyl sites for hydroxylation is 1. The number of amides is 1. The zero-order chi connectivity index (χ0) is 86.5. The number of esters is 18. The Morgan fingerprint density at radius 3 is 0.921 bits per heavy atom. The van der Waals surface area contributed by atoms with Gasteiger partial charge in [-0.25, -0.2) is 71.9 Å². The first kappa shape index (κ1) is 98.7. The lowest BCUT2D eigenvalue weighted by molar-refractivity contribution is -0.187. The van der Waals surface area contributed by atoms with E-state index in [1.165, 1.54) is 32.9 Å². The summed E-state index contributed by atoms with van der Waals surface area (Å²) in [5, 5.41) is 2.71. The van der Waals surface area contributed by atoms with Gasteiger partial charge in [-0.3, -0.25) is 19.2 Å². The number of ether oxygens (including phenoxy) is 18. The zero-order valence-corrected chi connectivity index (χ0v) is 67.0. The first-order valence-electron chi connectivity index (χ1n) is 36.5. The molecule has 0 radical (unpaired) electrons. The number of nitrogens with one attached hydrogen (secondary N) is 1. The van der Waals surface area contributed by atoms with E-state index in [0.717, 1.165) is 109 Å². The minimum absolute atomic E-state index is 0.00677. The van der Waals surface area contributed by atoms with Crippen LogP contribution in [0.15, 0.2) is 54.6 Å². The molecule has 0 unspecified atom stereocenters. The van der Waals surface area contributed by atoms with Crippen LogP contribution in [0.1, 0.15) is 176 Å². The monoisotopic (exact) mass is 1620 g/mol. The Morgan fingerprint density at radius 1 is 0.360 bits per heavy atom.